The molecule has 0 aliphatic heterocycles. The maximum Gasteiger partial charge on any atom is 0.500 e. The number of rotatable bonds is 17. The quantitative estimate of drug-likeness (QED) is 0.280. The molecule has 2 rings (SSSR count). The summed E-state index contributed by atoms with van der Waals surface area (Å²) in [5.41, 5.74) is 1.05. The van der Waals surface area contributed by atoms with Crippen LogP contribution in [0, 0.1) is 0 Å². The minimum Gasteiger partial charge on any atom is -0.374 e. The van der Waals surface area contributed by atoms with Crippen LogP contribution in [-0.4, -0.2) is 48.2 Å². The Morgan fingerprint density at radius 1 is 0.967 bits per heavy atom. The van der Waals surface area contributed by atoms with E-state index in [4.69, 9.17) is 13.3 Å². The number of hydrogen-bond donors (Lipinski definition) is 0. The van der Waals surface area contributed by atoms with Crippen molar-refractivity contribution in [1.29, 1.82) is 0 Å². The van der Waals surface area contributed by atoms with Crippen LogP contribution in [0.3, 0.4) is 0 Å². The molecule has 8 nitrogen and oxygen atoms in total. The Labute approximate surface area is 182 Å². The van der Waals surface area contributed by atoms with E-state index in [1.165, 1.54) is 12.8 Å². The van der Waals surface area contributed by atoms with E-state index < -0.39 is 8.80 Å². The highest BCUT2D eigenvalue weighted by Gasteiger charge is 2.39. The molecule has 0 aromatic carbocycles. The summed E-state index contributed by atoms with van der Waals surface area (Å²) in [4.78, 5) is 0. The van der Waals surface area contributed by atoms with Gasteiger partial charge in [0.1, 0.15) is 12.4 Å². The van der Waals surface area contributed by atoms with E-state index in [0.717, 1.165) is 50.6 Å². The molecule has 0 bridgehead atoms. The van der Waals surface area contributed by atoms with Gasteiger partial charge >= 0.3 is 8.80 Å². The first-order chi connectivity index (χ1) is 14.6. The maximum absolute atomic E-state index is 5.92. The molecule has 2 aromatic rings. The van der Waals surface area contributed by atoms with Crippen molar-refractivity contribution in [2.45, 2.75) is 85.5 Å². The monoisotopic (exact) mass is 438 g/mol. The summed E-state index contributed by atoms with van der Waals surface area (Å²) in [5.74, 6) is 0. The molecule has 170 valence electrons. The number of hydrogen-bond acceptors (Lipinski definition) is 5. The SMILES string of the molecule is CCCCn1cc[n+](CCCc2cn(CCC[Si](OCC)(OCC)OCC)nn2)c1. The number of imidazole rings is 1. The lowest BCUT2D eigenvalue weighted by molar-refractivity contribution is -0.696. The number of aryl methyl sites for hydroxylation is 4. The molecule has 0 radical (unpaired) electrons. The Hall–Kier alpha value is -1.55. The fourth-order valence-corrected chi connectivity index (χ4v) is 6.10. The van der Waals surface area contributed by atoms with Gasteiger partial charge in [-0.3, -0.25) is 4.68 Å². The van der Waals surface area contributed by atoms with Crippen molar-refractivity contribution in [1.82, 2.24) is 19.6 Å². The first kappa shape index (κ1) is 24.7. The summed E-state index contributed by atoms with van der Waals surface area (Å²) in [5, 5.41) is 8.62. The van der Waals surface area contributed by atoms with Crippen LogP contribution in [0.1, 0.15) is 59.1 Å². The number of unbranched alkanes of at least 4 members (excludes halogenated alkanes) is 1. The van der Waals surface area contributed by atoms with Crippen LogP contribution in [0.25, 0.3) is 0 Å². The first-order valence-corrected chi connectivity index (χ1v) is 13.4. The molecule has 0 unspecified atom stereocenters. The Morgan fingerprint density at radius 2 is 1.70 bits per heavy atom. The minimum atomic E-state index is -2.57. The topological polar surface area (TPSA) is 67.2 Å². The van der Waals surface area contributed by atoms with Gasteiger partial charge < -0.3 is 13.3 Å². The van der Waals surface area contributed by atoms with Gasteiger partial charge in [-0.2, -0.15) is 0 Å². The van der Waals surface area contributed by atoms with Crippen molar-refractivity contribution in [3.8, 4) is 0 Å². The fraction of sp³-hybridized carbons (Fsp3) is 0.762. The predicted octanol–water partition coefficient (Wildman–Crippen LogP) is 3.24. The van der Waals surface area contributed by atoms with Crippen molar-refractivity contribution in [3.05, 3.63) is 30.6 Å². The molecule has 0 amide bonds. The molecule has 30 heavy (non-hydrogen) atoms. The van der Waals surface area contributed by atoms with E-state index in [1.54, 1.807) is 0 Å². The summed E-state index contributed by atoms with van der Waals surface area (Å²) in [6.07, 6.45) is 13.9. The van der Waals surface area contributed by atoms with Gasteiger partial charge in [-0.25, -0.2) is 9.13 Å². The van der Waals surface area contributed by atoms with Gasteiger partial charge in [0.15, 0.2) is 0 Å². The molecule has 0 N–H and O–H groups in total. The molecule has 0 fully saturated rings. The fourth-order valence-electron chi connectivity index (χ4n) is 3.51. The second kappa shape index (κ2) is 13.7. The van der Waals surface area contributed by atoms with Crippen LogP contribution in [0.2, 0.25) is 6.04 Å². The molecule has 0 atom stereocenters. The molecule has 0 saturated carbocycles. The Bertz CT molecular complexity index is 689. The van der Waals surface area contributed by atoms with Crippen LogP contribution in [-0.2, 0) is 39.3 Å². The smallest absolute Gasteiger partial charge is 0.374 e. The molecule has 2 heterocycles. The molecule has 9 heteroatoms. The van der Waals surface area contributed by atoms with Crippen LogP contribution < -0.4 is 4.57 Å². The van der Waals surface area contributed by atoms with E-state index in [-0.39, 0.29) is 0 Å². The van der Waals surface area contributed by atoms with Crippen molar-refractivity contribution in [2.24, 2.45) is 0 Å². The average molecular weight is 439 g/mol. The molecular weight excluding hydrogens is 398 g/mol. The lowest BCUT2D eigenvalue weighted by Crippen LogP contribution is -2.46. The zero-order chi connectivity index (χ0) is 21.7. The van der Waals surface area contributed by atoms with Crippen molar-refractivity contribution in [3.63, 3.8) is 0 Å². The van der Waals surface area contributed by atoms with Crippen LogP contribution in [0.4, 0.5) is 0 Å². The lowest BCUT2D eigenvalue weighted by Gasteiger charge is -2.28. The number of aromatic nitrogens is 5. The summed E-state index contributed by atoms with van der Waals surface area (Å²) < 4.78 is 24.2. The largest absolute Gasteiger partial charge is 0.500 e. The predicted molar refractivity (Wildman–Crippen MR) is 118 cm³/mol. The third-order valence-corrected chi connectivity index (χ3v) is 8.07. The van der Waals surface area contributed by atoms with E-state index in [1.807, 2.05) is 25.5 Å². The second-order valence-electron chi connectivity index (χ2n) is 7.40. The van der Waals surface area contributed by atoms with Gasteiger partial charge in [-0.05, 0) is 46.5 Å². The highest BCUT2D eigenvalue weighted by atomic mass is 28.4. The van der Waals surface area contributed by atoms with Crippen LogP contribution >= 0.6 is 0 Å². The van der Waals surface area contributed by atoms with Gasteiger partial charge in [-0.1, -0.05) is 18.6 Å². The maximum atomic E-state index is 5.92. The molecule has 2 aromatic heterocycles. The average Bonchev–Trinajstić information content (AvgIpc) is 3.37. The van der Waals surface area contributed by atoms with Gasteiger partial charge in [0.2, 0.25) is 6.33 Å². The van der Waals surface area contributed by atoms with Gasteiger partial charge in [0, 0.05) is 38.6 Å². The summed E-state index contributed by atoms with van der Waals surface area (Å²) in [6.45, 7) is 12.9. The molecule has 0 saturated heterocycles. The molecule has 0 aliphatic rings. The highest BCUT2D eigenvalue weighted by Crippen LogP contribution is 2.18. The van der Waals surface area contributed by atoms with Crippen LogP contribution in [0.5, 0.6) is 0 Å². The zero-order valence-corrected chi connectivity index (χ0v) is 20.3. The summed E-state index contributed by atoms with van der Waals surface area (Å²) in [7, 11) is -2.57. The Morgan fingerprint density at radius 3 is 2.37 bits per heavy atom. The number of nitrogens with zero attached hydrogens (tertiary/aromatic N) is 5. The van der Waals surface area contributed by atoms with Crippen molar-refractivity contribution >= 4 is 8.80 Å². The Balaban J connectivity index is 1.74. The standard InChI is InChI=1S/C21H40N5O3Si/c1-5-9-13-24-16-17-25(20-24)14-10-12-21-19-26(23-22-21)15-11-18-30(27-6-2,28-7-3)29-8-4/h16-17,19-20H,5-15,18H2,1-4H3/q+1. The van der Waals surface area contributed by atoms with E-state index in [0.29, 0.717) is 19.8 Å². The molecule has 0 aliphatic carbocycles. The first-order valence-electron chi connectivity index (χ1n) is 11.5. The molecule has 0 spiro atoms. The van der Waals surface area contributed by atoms with E-state index in [2.05, 4.69) is 51.3 Å². The normalized spacial score (nSPS) is 12.0. The van der Waals surface area contributed by atoms with E-state index >= 15 is 0 Å². The molecular formula is C21H40N5O3Si+. The summed E-state index contributed by atoms with van der Waals surface area (Å²) in [6, 6.07) is 0.795. The summed E-state index contributed by atoms with van der Waals surface area (Å²) >= 11 is 0. The van der Waals surface area contributed by atoms with Crippen LogP contribution in [0.15, 0.2) is 24.9 Å². The zero-order valence-electron chi connectivity index (χ0n) is 19.3. The van der Waals surface area contributed by atoms with Crippen molar-refractivity contribution < 1.29 is 17.8 Å². The van der Waals surface area contributed by atoms with Gasteiger partial charge in [0.25, 0.3) is 0 Å². The van der Waals surface area contributed by atoms with Crippen molar-refractivity contribution in [2.75, 3.05) is 19.8 Å². The third kappa shape index (κ3) is 8.29. The van der Waals surface area contributed by atoms with E-state index in [9.17, 15) is 0 Å². The third-order valence-electron chi connectivity index (χ3n) is 4.91. The Kier molecular flexibility index (Phi) is 11.3. The minimum absolute atomic E-state index is 0.611. The van der Waals surface area contributed by atoms with Gasteiger partial charge in [-0.15, -0.1) is 5.10 Å². The second-order valence-corrected chi connectivity index (χ2v) is 10.1. The lowest BCUT2D eigenvalue weighted by atomic mass is 10.2. The highest BCUT2D eigenvalue weighted by molar-refractivity contribution is 6.60. The van der Waals surface area contributed by atoms with Gasteiger partial charge in [0.05, 0.1) is 18.8 Å².